The molecular weight excluding hydrogens is 456 g/mol. The number of ketones is 1. The fourth-order valence-corrected chi connectivity index (χ4v) is 4.54. The van der Waals surface area contributed by atoms with Crippen LogP contribution in [0.3, 0.4) is 0 Å². The van der Waals surface area contributed by atoms with E-state index in [0.717, 1.165) is 12.0 Å². The zero-order valence-corrected chi connectivity index (χ0v) is 19.3. The zero-order valence-electron chi connectivity index (χ0n) is 19.3. The Hall–Kier alpha value is -3.51. The molecule has 35 heavy (non-hydrogen) atoms. The van der Waals surface area contributed by atoms with E-state index in [4.69, 9.17) is 14.2 Å². The Morgan fingerprint density at radius 1 is 1.31 bits per heavy atom. The van der Waals surface area contributed by atoms with Gasteiger partial charge >= 0.3 is 6.61 Å². The first-order chi connectivity index (χ1) is 16.9. The number of hydrogen-bond acceptors (Lipinski definition) is 6. The van der Waals surface area contributed by atoms with Gasteiger partial charge in [0.2, 0.25) is 0 Å². The van der Waals surface area contributed by atoms with E-state index in [-0.39, 0.29) is 29.3 Å². The molecule has 1 aliphatic heterocycles. The predicted molar refractivity (Wildman–Crippen MR) is 123 cm³/mol. The van der Waals surface area contributed by atoms with E-state index in [1.165, 1.54) is 26.0 Å². The summed E-state index contributed by atoms with van der Waals surface area (Å²) in [6.07, 6.45) is 7.67. The summed E-state index contributed by atoms with van der Waals surface area (Å²) in [6, 6.07) is 9.03. The molecule has 0 radical (unpaired) electrons. The monoisotopic (exact) mass is 481 g/mol. The van der Waals surface area contributed by atoms with Crippen molar-refractivity contribution in [3.05, 3.63) is 47.8 Å². The van der Waals surface area contributed by atoms with Crippen molar-refractivity contribution in [3.63, 3.8) is 0 Å². The topological polar surface area (TPSA) is 85.8 Å². The fourth-order valence-electron chi connectivity index (χ4n) is 4.54. The molecule has 0 N–H and O–H groups in total. The lowest BCUT2D eigenvalue weighted by Crippen LogP contribution is -2.45. The first kappa shape index (κ1) is 23.2. The lowest BCUT2D eigenvalue weighted by atomic mass is 9.81. The summed E-state index contributed by atoms with van der Waals surface area (Å²) < 4.78 is 43.9. The van der Waals surface area contributed by atoms with Gasteiger partial charge in [0.1, 0.15) is 28.1 Å². The summed E-state index contributed by atoms with van der Waals surface area (Å²) in [5, 5.41) is 9.59. The molecule has 3 aromatic rings. The number of nitrogens with zero attached hydrogens (tertiary/aromatic N) is 3. The van der Waals surface area contributed by atoms with Crippen molar-refractivity contribution < 1.29 is 27.8 Å². The number of rotatable bonds is 10. The number of ether oxygens (including phenoxy) is 3. The van der Waals surface area contributed by atoms with Gasteiger partial charge in [-0.05, 0) is 42.2 Å². The third-order valence-electron chi connectivity index (χ3n) is 6.77. The minimum atomic E-state index is -3.09. The molecule has 9 heteroatoms. The van der Waals surface area contributed by atoms with Crippen LogP contribution in [0.4, 0.5) is 8.78 Å². The number of imidazole rings is 1. The number of halogens is 2. The van der Waals surface area contributed by atoms with Gasteiger partial charge in [-0.2, -0.15) is 14.0 Å². The quantitative estimate of drug-likeness (QED) is 0.372. The van der Waals surface area contributed by atoms with E-state index in [2.05, 4.69) is 11.1 Å². The molecule has 1 aliphatic carbocycles. The Morgan fingerprint density at radius 2 is 2.09 bits per heavy atom. The first-order valence-corrected chi connectivity index (χ1v) is 11.6. The molecule has 7 nitrogen and oxygen atoms in total. The summed E-state index contributed by atoms with van der Waals surface area (Å²) in [6.45, 7) is -2.44. The standard InChI is InChI=1S/C26H25F2N3O4/c1-33-21-9-17(10-22(35-25(27)28)24(21)20(32)4-2-3-16-5-6-16)19-12-30-23-11-18(7-8-31(19)23)26(13-29)14-34-15-26/h7-12,16,25H,2-6,14-15H2,1H3. The Bertz CT molecular complexity index is 1310. The Labute approximate surface area is 201 Å². The zero-order chi connectivity index (χ0) is 24.6. The van der Waals surface area contributed by atoms with E-state index in [9.17, 15) is 18.8 Å². The Kier molecular flexibility index (Phi) is 6.15. The highest BCUT2D eigenvalue weighted by molar-refractivity contribution is 6.02. The van der Waals surface area contributed by atoms with Crippen molar-refractivity contribution in [1.29, 1.82) is 5.26 Å². The van der Waals surface area contributed by atoms with Crippen LogP contribution < -0.4 is 9.47 Å². The molecule has 0 unspecified atom stereocenters. The molecule has 2 aromatic heterocycles. The highest BCUT2D eigenvalue weighted by atomic mass is 19.3. The highest BCUT2D eigenvalue weighted by Crippen LogP contribution is 2.39. The van der Waals surface area contributed by atoms with E-state index in [0.29, 0.717) is 42.5 Å². The van der Waals surface area contributed by atoms with Crippen LogP contribution in [0.25, 0.3) is 16.9 Å². The van der Waals surface area contributed by atoms with Gasteiger partial charge in [-0.1, -0.05) is 19.3 Å². The van der Waals surface area contributed by atoms with Gasteiger partial charge in [0.25, 0.3) is 0 Å². The average molecular weight is 481 g/mol. The maximum Gasteiger partial charge on any atom is 0.387 e. The highest BCUT2D eigenvalue weighted by Gasteiger charge is 2.41. The molecule has 2 aliphatic rings. The third-order valence-corrected chi connectivity index (χ3v) is 6.77. The fraction of sp³-hybridized carbons (Fsp3) is 0.423. The van der Waals surface area contributed by atoms with Gasteiger partial charge in [-0.15, -0.1) is 0 Å². The van der Waals surface area contributed by atoms with E-state index in [1.807, 2.05) is 12.1 Å². The summed E-state index contributed by atoms with van der Waals surface area (Å²) in [4.78, 5) is 17.4. The molecule has 182 valence electrons. The number of nitriles is 1. The second-order valence-corrected chi connectivity index (χ2v) is 9.16. The van der Waals surface area contributed by atoms with Gasteiger partial charge in [0, 0.05) is 18.2 Å². The molecule has 1 saturated heterocycles. The van der Waals surface area contributed by atoms with Crippen LogP contribution in [0.5, 0.6) is 11.5 Å². The molecule has 1 saturated carbocycles. The van der Waals surface area contributed by atoms with Gasteiger partial charge in [0.15, 0.2) is 5.78 Å². The third kappa shape index (κ3) is 4.46. The number of benzene rings is 1. The van der Waals surface area contributed by atoms with Crippen LogP contribution in [-0.2, 0) is 10.2 Å². The van der Waals surface area contributed by atoms with Gasteiger partial charge in [-0.3, -0.25) is 9.20 Å². The van der Waals surface area contributed by atoms with Crippen LogP contribution in [-0.4, -0.2) is 42.1 Å². The molecule has 3 heterocycles. The molecular formula is C26H25F2N3O4. The summed E-state index contributed by atoms with van der Waals surface area (Å²) >= 11 is 0. The second-order valence-electron chi connectivity index (χ2n) is 9.16. The number of methoxy groups -OCH3 is 1. The number of carbonyl (C=O) groups is 1. The molecule has 0 bridgehead atoms. The van der Waals surface area contributed by atoms with E-state index < -0.39 is 12.0 Å². The van der Waals surface area contributed by atoms with E-state index in [1.54, 1.807) is 22.9 Å². The number of alkyl halides is 2. The van der Waals surface area contributed by atoms with Gasteiger partial charge in [-0.25, -0.2) is 4.98 Å². The number of fused-ring (bicyclic) bond motifs is 1. The van der Waals surface area contributed by atoms with Crippen LogP contribution in [0.15, 0.2) is 36.7 Å². The van der Waals surface area contributed by atoms with Crippen molar-refractivity contribution in [2.24, 2.45) is 5.92 Å². The van der Waals surface area contributed by atoms with Crippen LogP contribution in [0, 0.1) is 17.2 Å². The minimum absolute atomic E-state index is 0.0319. The Morgan fingerprint density at radius 3 is 2.71 bits per heavy atom. The van der Waals surface area contributed by atoms with E-state index >= 15 is 0 Å². The lowest BCUT2D eigenvalue weighted by Gasteiger charge is -2.35. The molecule has 1 aromatic carbocycles. The van der Waals surface area contributed by atoms with Gasteiger partial charge < -0.3 is 14.2 Å². The van der Waals surface area contributed by atoms with Crippen molar-refractivity contribution >= 4 is 11.4 Å². The molecule has 2 fully saturated rings. The minimum Gasteiger partial charge on any atom is -0.496 e. The number of carbonyl (C=O) groups excluding carboxylic acids is 1. The Balaban J connectivity index is 1.51. The lowest BCUT2D eigenvalue weighted by molar-refractivity contribution is -0.0502. The molecule has 0 spiro atoms. The molecule has 5 rings (SSSR count). The summed E-state index contributed by atoms with van der Waals surface area (Å²) in [5.74, 6) is 0.361. The maximum atomic E-state index is 13.3. The average Bonchev–Trinajstić information content (AvgIpc) is 3.54. The first-order valence-electron chi connectivity index (χ1n) is 11.6. The number of aromatic nitrogens is 2. The van der Waals surface area contributed by atoms with Crippen molar-refractivity contribution in [2.45, 2.75) is 44.1 Å². The number of hydrogen-bond donors (Lipinski definition) is 0. The second kappa shape index (κ2) is 9.27. The van der Waals surface area contributed by atoms with Crippen molar-refractivity contribution in [2.75, 3.05) is 20.3 Å². The number of Topliss-reactive ketones (excluding diaryl/α,β-unsaturated/α-hetero) is 1. The smallest absolute Gasteiger partial charge is 0.387 e. The summed E-state index contributed by atoms with van der Waals surface area (Å²) in [7, 11) is 1.40. The SMILES string of the molecule is COc1cc(-c2cnc3cc(C4(C#N)COC4)ccn23)cc(OC(F)F)c1C(=O)CCCC1CC1. The predicted octanol–water partition coefficient (Wildman–Crippen LogP) is 5.17. The van der Waals surface area contributed by atoms with Crippen LogP contribution in [0.1, 0.15) is 48.0 Å². The van der Waals surface area contributed by atoms with Crippen molar-refractivity contribution in [3.8, 4) is 28.8 Å². The normalized spacial score (nSPS) is 16.7. The van der Waals surface area contributed by atoms with Crippen LogP contribution in [0.2, 0.25) is 0 Å². The molecule has 0 atom stereocenters. The van der Waals surface area contributed by atoms with Crippen LogP contribution >= 0.6 is 0 Å². The van der Waals surface area contributed by atoms with Crippen molar-refractivity contribution in [1.82, 2.24) is 9.38 Å². The summed E-state index contributed by atoms with van der Waals surface area (Å²) in [5.41, 5.74) is 1.86. The maximum absolute atomic E-state index is 13.3. The van der Waals surface area contributed by atoms with Gasteiger partial charge in [0.05, 0.1) is 38.3 Å². The number of pyridine rings is 1. The molecule has 0 amide bonds. The largest absolute Gasteiger partial charge is 0.496 e.